The minimum Gasteiger partial charge on any atom is -0.494 e. The van der Waals surface area contributed by atoms with Gasteiger partial charge in [0.2, 0.25) is 0 Å². The molecule has 0 saturated heterocycles. The zero-order chi connectivity index (χ0) is 15.4. The molecule has 21 heavy (non-hydrogen) atoms. The van der Waals surface area contributed by atoms with E-state index in [0.717, 1.165) is 12.5 Å². The summed E-state index contributed by atoms with van der Waals surface area (Å²) in [6.07, 6.45) is 0.881. The first-order valence-corrected chi connectivity index (χ1v) is 6.61. The van der Waals surface area contributed by atoms with E-state index in [9.17, 15) is 8.78 Å². The molecular weight excluding hydrogens is 277 g/mol. The van der Waals surface area contributed by atoms with Crippen molar-refractivity contribution in [3.63, 3.8) is 0 Å². The van der Waals surface area contributed by atoms with Crippen LogP contribution in [0.3, 0.4) is 0 Å². The van der Waals surface area contributed by atoms with E-state index in [2.05, 4.69) is 0 Å². The lowest BCUT2D eigenvalue weighted by Crippen LogP contribution is -2.33. The van der Waals surface area contributed by atoms with Crippen molar-refractivity contribution in [2.75, 3.05) is 6.61 Å². The van der Waals surface area contributed by atoms with E-state index in [1.807, 2.05) is 6.92 Å². The smallest absolute Gasteiger partial charge is 0.491 e. The van der Waals surface area contributed by atoms with Crippen LogP contribution in [0.4, 0.5) is 8.78 Å². The van der Waals surface area contributed by atoms with E-state index in [4.69, 9.17) is 14.8 Å². The molecule has 110 valence electrons. The highest BCUT2D eigenvalue weighted by Crippen LogP contribution is 2.26. The van der Waals surface area contributed by atoms with Gasteiger partial charge in [-0.3, -0.25) is 0 Å². The van der Waals surface area contributed by atoms with Crippen LogP contribution in [0, 0.1) is 11.6 Å². The van der Waals surface area contributed by atoms with Crippen molar-refractivity contribution in [3.05, 3.63) is 48.0 Å². The summed E-state index contributed by atoms with van der Waals surface area (Å²) in [7, 11) is -2.04. The van der Waals surface area contributed by atoms with Crippen LogP contribution in [-0.2, 0) is 0 Å². The summed E-state index contributed by atoms with van der Waals surface area (Å²) < 4.78 is 33.1. The monoisotopic (exact) mass is 292 g/mol. The van der Waals surface area contributed by atoms with Gasteiger partial charge in [-0.2, -0.15) is 0 Å². The molecule has 0 aliphatic heterocycles. The molecule has 2 aromatic rings. The van der Waals surface area contributed by atoms with Crippen molar-refractivity contribution in [2.45, 2.75) is 13.3 Å². The van der Waals surface area contributed by atoms with Crippen LogP contribution >= 0.6 is 0 Å². The molecule has 0 aromatic heterocycles. The molecule has 0 bridgehead atoms. The lowest BCUT2D eigenvalue weighted by Gasteiger charge is -2.09. The van der Waals surface area contributed by atoms with Crippen molar-refractivity contribution in [1.29, 1.82) is 0 Å². The van der Waals surface area contributed by atoms with Gasteiger partial charge in [-0.1, -0.05) is 31.2 Å². The summed E-state index contributed by atoms with van der Waals surface area (Å²) in [5.41, 5.74) is 0.0484. The lowest BCUT2D eigenvalue weighted by molar-refractivity contribution is 0.317. The molecule has 0 saturated carbocycles. The van der Waals surface area contributed by atoms with E-state index in [1.165, 1.54) is 6.07 Å². The molecule has 0 spiro atoms. The van der Waals surface area contributed by atoms with E-state index in [-0.39, 0.29) is 5.56 Å². The van der Waals surface area contributed by atoms with Gasteiger partial charge in [-0.05, 0) is 24.1 Å². The van der Waals surface area contributed by atoms with Gasteiger partial charge in [0.05, 0.1) is 6.61 Å². The summed E-state index contributed by atoms with van der Waals surface area (Å²) in [5, 5.41) is 17.9. The molecular formula is C15H15BF2O3. The molecule has 6 heteroatoms. The summed E-state index contributed by atoms with van der Waals surface area (Å²) >= 11 is 0. The van der Waals surface area contributed by atoms with Crippen LogP contribution in [0.5, 0.6) is 5.75 Å². The third kappa shape index (κ3) is 3.40. The molecule has 0 heterocycles. The Labute approximate surface area is 122 Å². The molecule has 0 unspecified atom stereocenters. The zero-order valence-electron chi connectivity index (χ0n) is 11.5. The Morgan fingerprint density at radius 1 is 1.00 bits per heavy atom. The zero-order valence-corrected chi connectivity index (χ0v) is 11.5. The Morgan fingerprint density at radius 3 is 2.24 bits per heavy atom. The van der Waals surface area contributed by atoms with Crippen LogP contribution in [0.2, 0.25) is 0 Å². The van der Waals surface area contributed by atoms with E-state index in [0.29, 0.717) is 17.9 Å². The van der Waals surface area contributed by atoms with Crippen molar-refractivity contribution in [2.24, 2.45) is 0 Å². The van der Waals surface area contributed by atoms with Crippen LogP contribution < -0.4 is 10.2 Å². The number of ether oxygens (including phenoxy) is 1. The number of benzene rings is 2. The number of rotatable bonds is 5. The molecule has 0 amide bonds. The summed E-state index contributed by atoms with van der Waals surface area (Å²) in [6, 6.07) is 9.07. The molecule has 2 N–H and O–H groups in total. The molecule has 0 aliphatic rings. The number of halogens is 2. The Balaban J connectivity index is 2.32. The predicted molar refractivity (Wildman–Crippen MR) is 77.4 cm³/mol. The Kier molecular flexibility index (Phi) is 4.93. The van der Waals surface area contributed by atoms with Gasteiger partial charge in [0, 0.05) is 11.0 Å². The molecule has 3 nitrogen and oxygen atoms in total. The van der Waals surface area contributed by atoms with E-state index >= 15 is 0 Å². The third-order valence-electron chi connectivity index (χ3n) is 3.03. The van der Waals surface area contributed by atoms with Crippen molar-refractivity contribution in [1.82, 2.24) is 0 Å². The topological polar surface area (TPSA) is 49.7 Å². The fraction of sp³-hybridized carbons (Fsp3) is 0.200. The maximum atomic E-state index is 14.0. The molecule has 0 atom stereocenters. The average Bonchev–Trinajstić information content (AvgIpc) is 2.48. The highest BCUT2D eigenvalue weighted by atomic mass is 19.2. The SMILES string of the molecule is CCCOc1ccc(-c2ccc(B(O)O)c(F)c2F)cc1. The van der Waals surface area contributed by atoms with Crippen LogP contribution in [0.15, 0.2) is 36.4 Å². The molecule has 0 radical (unpaired) electrons. The van der Waals surface area contributed by atoms with Gasteiger partial charge in [0.1, 0.15) is 5.75 Å². The van der Waals surface area contributed by atoms with Gasteiger partial charge in [0.15, 0.2) is 11.6 Å². The van der Waals surface area contributed by atoms with Crippen LogP contribution in [0.1, 0.15) is 13.3 Å². The Bertz CT molecular complexity index is 615. The quantitative estimate of drug-likeness (QED) is 0.830. The third-order valence-corrected chi connectivity index (χ3v) is 3.03. The standard InChI is InChI=1S/C15H15BF2O3/c1-2-9-21-11-5-3-10(4-6-11)12-7-8-13(16(19)20)15(18)14(12)17/h3-8,19-20H,2,9H2,1H3. The first kappa shape index (κ1) is 15.5. The van der Waals surface area contributed by atoms with Crippen molar-refractivity contribution < 1.29 is 23.6 Å². The summed E-state index contributed by atoms with van der Waals surface area (Å²) in [4.78, 5) is 0. The first-order valence-electron chi connectivity index (χ1n) is 6.61. The highest BCUT2D eigenvalue weighted by Gasteiger charge is 2.22. The highest BCUT2D eigenvalue weighted by molar-refractivity contribution is 6.58. The fourth-order valence-electron chi connectivity index (χ4n) is 1.94. The largest absolute Gasteiger partial charge is 0.494 e. The molecule has 2 rings (SSSR count). The second-order valence-electron chi connectivity index (χ2n) is 4.58. The minimum absolute atomic E-state index is 0.0546. The summed E-state index contributed by atoms with van der Waals surface area (Å²) in [6.45, 7) is 2.58. The van der Waals surface area contributed by atoms with Crippen LogP contribution in [0.25, 0.3) is 11.1 Å². The van der Waals surface area contributed by atoms with Crippen molar-refractivity contribution in [3.8, 4) is 16.9 Å². The van der Waals surface area contributed by atoms with Gasteiger partial charge >= 0.3 is 7.12 Å². The maximum absolute atomic E-state index is 14.0. The van der Waals surface area contributed by atoms with Gasteiger partial charge < -0.3 is 14.8 Å². The second-order valence-corrected chi connectivity index (χ2v) is 4.58. The second kappa shape index (κ2) is 6.69. The van der Waals surface area contributed by atoms with E-state index in [1.54, 1.807) is 24.3 Å². The minimum atomic E-state index is -2.04. The van der Waals surface area contributed by atoms with Gasteiger partial charge in [0.25, 0.3) is 0 Å². The Hall–Kier alpha value is -1.92. The summed E-state index contributed by atoms with van der Waals surface area (Å²) in [5.74, 6) is -1.71. The number of hydrogen-bond donors (Lipinski definition) is 2. The normalized spacial score (nSPS) is 10.5. The fourth-order valence-corrected chi connectivity index (χ4v) is 1.94. The maximum Gasteiger partial charge on any atom is 0.491 e. The lowest BCUT2D eigenvalue weighted by atomic mass is 9.79. The Morgan fingerprint density at radius 2 is 1.67 bits per heavy atom. The van der Waals surface area contributed by atoms with Gasteiger partial charge in [-0.15, -0.1) is 0 Å². The van der Waals surface area contributed by atoms with E-state index < -0.39 is 24.2 Å². The predicted octanol–water partition coefficient (Wildman–Crippen LogP) is 2.10. The first-order chi connectivity index (χ1) is 10.0. The van der Waals surface area contributed by atoms with Crippen molar-refractivity contribution >= 4 is 12.6 Å². The average molecular weight is 292 g/mol. The van der Waals surface area contributed by atoms with Gasteiger partial charge in [-0.25, -0.2) is 8.78 Å². The molecule has 2 aromatic carbocycles. The molecule has 0 aliphatic carbocycles. The molecule has 0 fully saturated rings. The van der Waals surface area contributed by atoms with Crippen LogP contribution in [-0.4, -0.2) is 23.8 Å². The number of hydrogen-bond acceptors (Lipinski definition) is 3.